The van der Waals surface area contributed by atoms with Gasteiger partial charge in [-0.15, -0.1) is 0 Å². The number of hydrogen-bond acceptors (Lipinski definition) is 3. The Labute approximate surface area is 177 Å². The highest BCUT2D eigenvalue weighted by Crippen LogP contribution is 2.25. The number of benzene rings is 3. The van der Waals surface area contributed by atoms with E-state index in [4.69, 9.17) is 4.98 Å². The zero-order valence-corrected chi connectivity index (χ0v) is 18.2. The summed E-state index contributed by atoms with van der Waals surface area (Å²) in [6.07, 6.45) is 0. The minimum absolute atomic E-state index is 0.273. The van der Waals surface area contributed by atoms with Gasteiger partial charge in [0.05, 0.1) is 15.9 Å². The first kappa shape index (κ1) is 20.3. The van der Waals surface area contributed by atoms with Gasteiger partial charge < -0.3 is 4.57 Å². The summed E-state index contributed by atoms with van der Waals surface area (Å²) >= 11 is 0. The number of nitrogens with zero attached hydrogens (tertiary/aromatic N) is 2. The second-order valence-corrected chi connectivity index (χ2v) is 9.28. The Kier molecular flexibility index (Phi) is 5.45. The Hall–Kier alpha value is -2.96. The molecular weight excluding hydrogens is 394 g/mol. The van der Waals surface area contributed by atoms with Crippen LogP contribution in [0.5, 0.6) is 0 Å². The van der Waals surface area contributed by atoms with Crippen molar-refractivity contribution in [1.82, 2.24) is 14.3 Å². The van der Waals surface area contributed by atoms with Gasteiger partial charge in [0.2, 0.25) is 10.0 Å². The average molecular weight is 420 g/mol. The predicted molar refractivity (Wildman–Crippen MR) is 121 cm³/mol. The summed E-state index contributed by atoms with van der Waals surface area (Å²) in [5.41, 5.74) is 5.68. The Morgan fingerprint density at radius 1 is 0.867 bits per heavy atom. The van der Waals surface area contributed by atoms with Crippen LogP contribution < -0.4 is 4.72 Å². The number of hydrogen-bond donors (Lipinski definition) is 1. The van der Waals surface area contributed by atoms with E-state index in [0.717, 1.165) is 39.1 Å². The number of aromatic nitrogens is 2. The molecule has 4 rings (SSSR count). The Morgan fingerprint density at radius 3 is 2.30 bits per heavy atom. The van der Waals surface area contributed by atoms with E-state index in [1.165, 1.54) is 0 Å². The van der Waals surface area contributed by atoms with Crippen LogP contribution in [0.25, 0.3) is 22.4 Å². The molecule has 1 aromatic heterocycles. The molecule has 0 saturated carbocycles. The molecule has 0 amide bonds. The van der Waals surface area contributed by atoms with Crippen molar-refractivity contribution in [2.24, 2.45) is 0 Å². The van der Waals surface area contributed by atoms with E-state index in [9.17, 15) is 8.42 Å². The van der Waals surface area contributed by atoms with Gasteiger partial charge in [-0.1, -0.05) is 48.5 Å². The zero-order valence-electron chi connectivity index (χ0n) is 17.4. The maximum absolute atomic E-state index is 12.9. The second kappa shape index (κ2) is 8.05. The van der Waals surface area contributed by atoms with Crippen molar-refractivity contribution in [1.29, 1.82) is 0 Å². The third kappa shape index (κ3) is 3.88. The fourth-order valence-corrected chi connectivity index (χ4v) is 5.03. The zero-order chi connectivity index (χ0) is 21.3. The van der Waals surface area contributed by atoms with Crippen molar-refractivity contribution in [2.75, 3.05) is 6.54 Å². The van der Waals surface area contributed by atoms with Crippen LogP contribution in [0.2, 0.25) is 0 Å². The van der Waals surface area contributed by atoms with Crippen LogP contribution in [0.4, 0.5) is 0 Å². The second-order valence-electron chi connectivity index (χ2n) is 7.54. The Balaban J connectivity index is 1.62. The maximum Gasteiger partial charge on any atom is 0.240 e. The minimum Gasteiger partial charge on any atom is -0.323 e. The molecule has 3 aromatic carbocycles. The number of nitrogens with one attached hydrogen (secondary N) is 1. The predicted octanol–water partition coefficient (Wildman–Crippen LogP) is 4.61. The van der Waals surface area contributed by atoms with Crippen LogP contribution in [-0.2, 0) is 16.6 Å². The molecule has 0 saturated heterocycles. The largest absolute Gasteiger partial charge is 0.323 e. The molecule has 0 aliphatic carbocycles. The van der Waals surface area contributed by atoms with Crippen LogP contribution in [-0.4, -0.2) is 24.5 Å². The molecule has 0 aliphatic rings. The van der Waals surface area contributed by atoms with Crippen LogP contribution in [0, 0.1) is 20.8 Å². The first-order valence-corrected chi connectivity index (χ1v) is 11.4. The third-order valence-corrected chi connectivity index (χ3v) is 7.00. The fourth-order valence-electron chi connectivity index (χ4n) is 3.70. The lowest BCUT2D eigenvalue weighted by Gasteiger charge is -2.13. The monoisotopic (exact) mass is 419 g/mol. The number of para-hydroxylation sites is 2. The Bertz CT molecular complexity index is 1310. The van der Waals surface area contributed by atoms with E-state index < -0.39 is 10.0 Å². The van der Waals surface area contributed by atoms with E-state index in [-0.39, 0.29) is 6.54 Å². The molecule has 0 atom stereocenters. The summed E-state index contributed by atoms with van der Waals surface area (Å²) in [6, 6.07) is 21.5. The van der Waals surface area contributed by atoms with Gasteiger partial charge in [0, 0.05) is 18.7 Å². The molecular formula is C24H25N3O2S. The van der Waals surface area contributed by atoms with Crippen molar-refractivity contribution >= 4 is 21.1 Å². The quantitative estimate of drug-likeness (QED) is 0.496. The highest BCUT2D eigenvalue weighted by Gasteiger charge is 2.18. The molecule has 0 bridgehead atoms. The summed E-state index contributed by atoms with van der Waals surface area (Å²) in [6.45, 7) is 6.50. The van der Waals surface area contributed by atoms with Crippen molar-refractivity contribution in [3.8, 4) is 11.4 Å². The van der Waals surface area contributed by atoms with Crippen LogP contribution >= 0.6 is 0 Å². The summed E-state index contributed by atoms with van der Waals surface area (Å²) in [7, 11) is -3.60. The number of imidazole rings is 1. The first-order chi connectivity index (χ1) is 14.4. The molecule has 4 aromatic rings. The number of fused-ring (bicyclic) bond motifs is 1. The van der Waals surface area contributed by atoms with Crippen molar-refractivity contribution < 1.29 is 8.42 Å². The minimum atomic E-state index is -3.60. The fraction of sp³-hybridized carbons (Fsp3) is 0.208. The molecule has 5 nitrogen and oxygen atoms in total. The van der Waals surface area contributed by atoms with Crippen LogP contribution in [0.1, 0.15) is 16.7 Å². The molecule has 1 N–H and O–H groups in total. The molecule has 30 heavy (non-hydrogen) atoms. The lowest BCUT2D eigenvalue weighted by atomic mass is 10.1. The van der Waals surface area contributed by atoms with E-state index in [0.29, 0.717) is 11.4 Å². The van der Waals surface area contributed by atoms with E-state index in [1.807, 2.05) is 81.4 Å². The lowest BCUT2D eigenvalue weighted by molar-refractivity contribution is 0.574. The summed E-state index contributed by atoms with van der Waals surface area (Å²) in [5.74, 6) is 0.832. The molecule has 1 heterocycles. The molecule has 0 spiro atoms. The summed E-state index contributed by atoms with van der Waals surface area (Å²) < 4.78 is 30.7. The van der Waals surface area contributed by atoms with Crippen molar-refractivity contribution in [2.45, 2.75) is 32.2 Å². The number of rotatable bonds is 6. The van der Waals surface area contributed by atoms with Gasteiger partial charge in [-0.2, -0.15) is 0 Å². The third-order valence-electron chi connectivity index (χ3n) is 5.39. The Morgan fingerprint density at radius 2 is 1.53 bits per heavy atom. The van der Waals surface area contributed by atoms with Gasteiger partial charge in [-0.25, -0.2) is 18.1 Å². The summed E-state index contributed by atoms with van der Waals surface area (Å²) in [5, 5.41) is 0. The molecule has 154 valence electrons. The van der Waals surface area contributed by atoms with E-state index >= 15 is 0 Å². The first-order valence-electron chi connectivity index (χ1n) is 9.95. The highest BCUT2D eigenvalue weighted by molar-refractivity contribution is 7.89. The lowest BCUT2D eigenvalue weighted by Crippen LogP contribution is -2.28. The molecule has 0 unspecified atom stereocenters. The molecule has 0 radical (unpaired) electrons. The molecule has 6 heteroatoms. The number of sulfonamides is 1. The van der Waals surface area contributed by atoms with Crippen molar-refractivity contribution in [3.05, 3.63) is 83.4 Å². The molecule has 0 fully saturated rings. The SMILES string of the molecule is Cc1cc(C)c(S(=O)(=O)NCCn2c(-c3ccccc3)nc3ccccc32)cc1C. The highest BCUT2D eigenvalue weighted by atomic mass is 32.2. The van der Waals surface area contributed by atoms with Gasteiger partial charge in [0.1, 0.15) is 5.82 Å². The van der Waals surface area contributed by atoms with Crippen LogP contribution in [0.3, 0.4) is 0 Å². The topological polar surface area (TPSA) is 64.0 Å². The van der Waals surface area contributed by atoms with Gasteiger partial charge in [-0.3, -0.25) is 0 Å². The maximum atomic E-state index is 12.9. The van der Waals surface area contributed by atoms with Crippen LogP contribution in [0.15, 0.2) is 71.6 Å². The average Bonchev–Trinajstić information content (AvgIpc) is 3.10. The smallest absolute Gasteiger partial charge is 0.240 e. The van der Waals surface area contributed by atoms with Gasteiger partial charge in [-0.05, 0) is 55.7 Å². The van der Waals surface area contributed by atoms with Gasteiger partial charge in [0.15, 0.2) is 0 Å². The standard InChI is InChI=1S/C24H25N3O2S/c1-17-15-19(3)23(16-18(17)2)30(28,29)25-13-14-27-22-12-8-7-11-21(22)26-24(27)20-9-5-4-6-10-20/h4-12,15-16,25H,13-14H2,1-3H3. The summed E-state index contributed by atoms with van der Waals surface area (Å²) in [4.78, 5) is 5.11. The van der Waals surface area contributed by atoms with E-state index in [1.54, 1.807) is 6.07 Å². The van der Waals surface area contributed by atoms with E-state index in [2.05, 4.69) is 9.29 Å². The van der Waals surface area contributed by atoms with Gasteiger partial charge in [0.25, 0.3) is 0 Å². The molecule has 0 aliphatic heterocycles. The van der Waals surface area contributed by atoms with Crippen molar-refractivity contribution in [3.63, 3.8) is 0 Å². The van der Waals surface area contributed by atoms with Gasteiger partial charge >= 0.3 is 0 Å². The number of aryl methyl sites for hydroxylation is 3. The normalized spacial score (nSPS) is 11.8.